The quantitative estimate of drug-likeness (QED) is 0.825. The predicted molar refractivity (Wildman–Crippen MR) is 88.1 cm³/mol. The SMILES string of the molecule is CCCCC(CN)NC(=O)c1cc(C)n(-c2ccccc2)n1. The second-order valence-corrected chi connectivity index (χ2v) is 5.47. The molecule has 1 unspecified atom stereocenters. The number of para-hydroxylation sites is 1. The van der Waals surface area contributed by atoms with Crippen molar-refractivity contribution in [3.05, 3.63) is 47.8 Å². The molecule has 22 heavy (non-hydrogen) atoms. The van der Waals surface area contributed by atoms with E-state index in [2.05, 4.69) is 17.3 Å². The lowest BCUT2D eigenvalue weighted by molar-refractivity contribution is 0.0930. The molecule has 0 fully saturated rings. The zero-order valence-corrected chi connectivity index (χ0v) is 13.2. The van der Waals surface area contributed by atoms with Crippen molar-refractivity contribution >= 4 is 5.91 Å². The molecule has 0 bridgehead atoms. The van der Waals surface area contributed by atoms with Crippen molar-refractivity contribution in [1.82, 2.24) is 15.1 Å². The molecule has 5 heteroatoms. The van der Waals surface area contributed by atoms with Crippen LogP contribution in [0.1, 0.15) is 42.4 Å². The zero-order valence-electron chi connectivity index (χ0n) is 13.2. The Hall–Kier alpha value is -2.14. The van der Waals surface area contributed by atoms with Gasteiger partial charge in [-0.3, -0.25) is 4.79 Å². The Morgan fingerprint density at radius 1 is 1.36 bits per heavy atom. The van der Waals surface area contributed by atoms with Crippen LogP contribution in [0.3, 0.4) is 0 Å². The largest absolute Gasteiger partial charge is 0.347 e. The number of rotatable bonds is 7. The molecule has 1 heterocycles. The van der Waals surface area contributed by atoms with Gasteiger partial charge in [-0.1, -0.05) is 38.0 Å². The Balaban J connectivity index is 2.11. The molecule has 3 N–H and O–H groups in total. The van der Waals surface area contributed by atoms with Crippen LogP contribution in [0.25, 0.3) is 5.69 Å². The van der Waals surface area contributed by atoms with Crippen molar-refractivity contribution in [2.75, 3.05) is 6.54 Å². The summed E-state index contributed by atoms with van der Waals surface area (Å²) >= 11 is 0. The molecule has 0 saturated heterocycles. The van der Waals surface area contributed by atoms with E-state index in [-0.39, 0.29) is 11.9 Å². The molecule has 0 saturated carbocycles. The van der Waals surface area contributed by atoms with Crippen LogP contribution in [0.4, 0.5) is 0 Å². The second-order valence-electron chi connectivity index (χ2n) is 5.47. The Bertz CT molecular complexity index is 606. The smallest absolute Gasteiger partial charge is 0.272 e. The molecule has 118 valence electrons. The number of unbranched alkanes of at least 4 members (excludes halogenated alkanes) is 1. The van der Waals surface area contributed by atoms with Crippen molar-refractivity contribution in [3.8, 4) is 5.69 Å². The fourth-order valence-corrected chi connectivity index (χ4v) is 2.37. The van der Waals surface area contributed by atoms with Gasteiger partial charge < -0.3 is 11.1 Å². The van der Waals surface area contributed by atoms with Crippen LogP contribution in [0, 0.1) is 6.92 Å². The van der Waals surface area contributed by atoms with E-state index in [4.69, 9.17) is 5.73 Å². The zero-order chi connectivity index (χ0) is 15.9. The summed E-state index contributed by atoms with van der Waals surface area (Å²) in [5.74, 6) is -0.163. The Labute approximate surface area is 131 Å². The van der Waals surface area contributed by atoms with E-state index in [0.29, 0.717) is 12.2 Å². The number of hydrogen-bond donors (Lipinski definition) is 2. The average molecular weight is 300 g/mol. The van der Waals surface area contributed by atoms with Gasteiger partial charge in [0.25, 0.3) is 5.91 Å². The lowest BCUT2D eigenvalue weighted by atomic mass is 10.1. The summed E-state index contributed by atoms with van der Waals surface area (Å²) in [6.07, 6.45) is 3.05. The second kappa shape index (κ2) is 7.75. The number of hydrogen-bond acceptors (Lipinski definition) is 3. The minimum Gasteiger partial charge on any atom is -0.347 e. The number of amides is 1. The van der Waals surface area contributed by atoms with Crippen molar-refractivity contribution < 1.29 is 4.79 Å². The van der Waals surface area contributed by atoms with Gasteiger partial charge in [0.05, 0.1) is 5.69 Å². The number of nitrogens with zero attached hydrogens (tertiary/aromatic N) is 2. The molecule has 1 aromatic carbocycles. The molecule has 0 aliphatic carbocycles. The number of aryl methyl sites for hydroxylation is 1. The lowest BCUT2D eigenvalue weighted by Gasteiger charge is -2.15. The molecular weight excluding hydrogens is 276 g/mol. The maximum atomic E-state index is 12.3. The van der Waals surface area contributed by atoms with Gasteiger partial charge in [-0.15, -0.1) is 0 Å². The summed E-state index contributed by atoms with van der Waals surface area (Å²) < 4.78 is 1.78. The van der Waals surface area contributed by atoms with Gasteiger partial charge in [0.15, 0.2) is 5.69 Å². The molecular formula is C17H24N4O. The van der Waals surface area contributed by atoms with Gasteiger partial charge in [-0.05, 0) is 31.5 Å². The third kappa shape index (κ3) is 3.95. The van der Waals surface area contributed by atoms with Crippen LogP contribution >= 0.6 is 0 Å². The Kier molecular flexibility index (Phi) is 5.72. The maximum absolute atomic E-state index is 12.3. The van der Waals surface area contributed by atoms with Gasteiger partial charge in [-0.25, -0.2) is 4.68 Å². The first-order valence-corrected chi connectivity index (χ1v) is 7.78. The topological polar surface area (TPSA) is 72.9 Å². The third-order valence-corrected chi connectivity index (χ3v) is 3.65. The van der Waals surface area contributed by atoms with Crippen LogP contribution in [-0.2, 0) is 0 Å². The Morgan fingerprint density at radius 2 is 2.09 bits per heavy atom. The minimum atomic E-state index is -0.163. The highest BCUT2D eigenvalue weighted by atomic mass is 16.2. The monoisotopic (exact) mass is 300 g/mol. The van der Waals surface area contributed by atoms with Crippen molar-refractivity contribution in [2.24, 2.45) is 5.73 Å². The molecule has 0 radical (unpaired) electrons. The minimum absolute atomic E-state index is 0.00892. The number of carbonyl (C=O) groups excluding carboxylic acids is 1. The van der Waals surface area contributed by atoms with E-state index < -0.39 is 0 Å². The number of aromatic nitrogens is 2. The van der Waals surface area contributed by atoms with E-state index in [1.807, 2.05) is 37.3 Å². The molecule has 0 aliphatic rings. The summed E-state index contributed by atoms with van der Waals surface area (Å²) in [6.45, 7) is 4.51. The van der Waals surface area contributed by atoms with E-state index in [0.717, 1.165) is 30.6 Å². The molecule has 2 aromatic rings. The van der Waals surface area contributed by atoms with Crippen molar-refractivity contribution in [1.29, 1.82) is 0 Å². The summed E-state index contributed by atoms with van der Waals surface area (Å²) in [4.78, 5) is 12.3. The van der Waals surface area contributed by atoms with Crippen LogP contribution in [0.15, 0.2) is 36.4 Å². The van der Waals surface area contributed by atoms with Crippen LogP contribution < -0.4 is 11.1 Å². The van der Waals surface area contributed by atoms with E-state index >= 15 is 0 Å². The first kappa shape index (κ1) is 16.2. The van der Waals surface area contributed by atoms with Gasteiger partial charge in [0.2, 0.25) is 0 Å². The first-order valence-electron chi connectivity index (χ1n) is 7.78. The molecule has 1 aromatic heterocycles. The van der Waals surface area contributed by atoms with Gasteiger partial charge in [0, 0.05) is 18.3 Å². The highest BCUT2D eigenvalue weighted by molar-refractivity contribution is 5.92. The molecule has 1 amide bonds. The molecule has 2 rings (SSSR count). The summed E-state index contributed by atoms with van der Waals surface area (Å²) in [5, 5.41) is 7.38. The summed E-state index contributed by atoms with van der Waals surface area (Å²) in [6, 6.07) is 11.6. The number of benzene rings is 1. The van der Waals surface area contributed by atoms with Crippen LogP contribution in [0.5, 0.6) is 0 Å². The Morgan fingerprint density at radius 3 is 2.73 bits per heavy atom. The number of nitrogens with two attached hydrogens (primary N) is 1. The molecule has 0 spiro atoms. The third-order valence-electron chi connectivity index (χ3n) is 3.65. The van der Waals surface area contributed by atoms with Crippen LogP contribution in [0.2, 0.25) is 0 Å². The molecule has 5 nitrogen and oxygen atoms in total. The van der Waals surface area contributed by atoms with Crippen molar-refractivity contribution in [2.45, 2.75) is 39.2 Å². The number of nitrogens with one attached hydrogen (secondary N) is 1. The standard InChI is InChI=1S/C17H24N4O/c1-3-4-8-14(12-18)19-17(22)16-11-13(2)21(20-16)15-9-6-5-7-10-15/h5-7,9-11,14H,3-4,8,12,18H2,1-2H3,(H,19,22). The van der Waals surface area contributed by atoms with E-state index in [9.17, 15) is 4.79 Å². The fraction of sp³-hybridized carbons (Fsp3) is 0.412. The van der Waals surface area contributed by atoms with Crippen molar-refractivity contribution in [3.63, 3.8) is 0 Å². The van der Waals surface area contributed by atoms with Gasteiger partial charge >= 0.3 is 0 Å². The highest BCUT2D eigenvalue weighted by Gasteiger charge is 2.16. The first-order chi connectivity index (χ1) is 10.7. The normalized spacial score (nSPS) is 12.1. The van der Waals surface area contributed by atoms with Gasteiger partial charge in [-0.2, -0.15) is 5.10 Å². The average Bonchev–Trinajstić information content (AvgIpc) is 2.94. The molecule has 0 aliphatic heterocycles. The molecule has 1 atom stereocenters. The van der Waals surface area contributed by atoms with E-state index in [1.165, 1.54) is 0 Å². The fourth-order valence-electron chi connectivity index (χ4n) is 2.37. The predicted octanol–water partition coefficient (Wildman–Crippen LogP) is 2.43. The van der Waals surface area contributed by atoms with Crippen LogP contribution in [-0.4, -0.2) is 28.3 Å². The van der Waals surface area contributed by atoms with Gasteiger partial charge in [0.1, 0.15) is 0 Å². The summed E-state index contributed by atoms with van der Waals surface area (Å²) in [5.41, 5.74) is 8.02. The summed E-state index contributed by atoms with van der Waals surface area (Å²) in [7, 11) is 0. The number of carbonyl (C=O) groups is 1. The maximum Gasteiger partial charge on any atom is 0.272 e. The highest BCUT2D eigenvalue weighted by Crippen LogP contribution is 2.12. The lowest BCUT2D eigenvalue weighted by Crippen LogP contribution is -2.40. The van der Waals surface area contributed by atoms with E-state index in [1.54, 1.807) is 10.7 Å².